The van der Waals surface area contributed by atoms with Crippen LogP contribution in [0.15, 0.2) is 42.6 Å². The predicted molar refractivity (Wildman–Crippen MR) is 86.9 cm³/mol. The average Bonchev–Trinajstić information content (AvgIpc) is 2.47. The van der Waals surface area contributed by atoms with E-state index in [1.54, 1.807) is 12.3 Å². The summed E-state index contributed by atoms with van der Waals surface area (Å²) in [6.45, 7) is 1.93. The molecule has 22 heavy (non-hydrogen) atoms. The summed E-state index contributed by atoms with van der Waals surface area (Å²) in [6.07, 6.45) is 1.75. The van der Waals surface area contributed by atoms with Crippen LogP contribution in [0.25, 0.3) is 11.4 Å². The summed E-state index contributed by atoms with van der Waals surface area (Å²) in [4.78, 5) is 16.5. The lowest BCUT2D eigenvalue weighted by atomic mass is 10.2. The topological polar surface area (TPSA) is 89.6 Å². The Morgan fingerprint density at radius 1 is 1.05 bits per heavy atom. The van der Waals surface area contributed by atoms with Crippen LogP contribution in [0.1, 0.15) is 5.69 Å². The number of hydrogen-bond acceptors (Lipinski definition) is 6. The molecule has 3 rings (SSSR count). The number of aromatic nitrogens is 4. The smallest absolute Gasteiger partial charge is 0.223 e. The SMILES string of the molecule is Cc1ccnc(-c2ccc(Nc3cc(Cl)nc(N)n3)cc2)n1. The van der Waals surface area contributed by atoms with Crippen molar-refractivity contribution in [2.75, 3.05) is 11.1 Å². The summed E-state index contributed by atoms with van der Waals surface area (Å²) in [5, 5.41) is 3.41. The molecule has 2 heterocycles. The fraction of sp³-hybridized carbons (Fsp3) is 0.0667. The maximum Gasteiger partial charge on any atom is 0.223 e. The van der Waals surface area contributed by atoms with Gasteiger partial charge in [-0.2, -0.15) is 4.98 Å². The molecule has 0 saturated carbocycles. The zero-order chi connectivity index (χ0) is 15.5. The number of nitrogen functional groups attached to an aromatic ring is 1. The van der Waals surface area contributed by atoms with Crippen molar-refractivity contribution in [3.8, 4) is 11.4 Å². The van der Waals surface area contributed by atoms with Gasteiger partial charge in [-0.25, -0.2) is 15.0 Å². The summed E-state index contributed by atoms with van der Waals surface area (Å²) in [7, 11) is 0. The number of nitrogens with zero attached hydrogens (tertiary/aromatic N) is 4. The second kappa shape index (κ2) is 5.95. The van der Waals surface area contributed by atoms with Crippen molar-refractivity contribution in [2.24, 2.45) is 0 Å². The average molecular weight is 313 g/mol. The van der Waals surface area contributed by atoms with Gasteiger partial charge < -0.3 is 11.1 Å². The third kappa shape index (κ3) is 3.29. The molecule has 7 heteroatoms. The standard InChI is InChI=1S/C15H13ClN6/c1-9-6-7-18-14(19-9)10-2-4-11(5-3-10)20-13-8-12(16)21-15(17)22-13/h2-8H,1H3,(H3,17,20,21,22). The summed E-state index contributed by atoms with van der Waals surface area (Å²) in [6, 6.07) is 11.2. The molecule has 0 aliphatic rings. The maximum absolute atomic E-state index is 5.85. The van der Waals surface area contributed by atoms with Gasteiger partial charge in [0.15, 0.2) is 5.82 Å². The van der Waals surface area contributed by atoms with Gasteiger partial charge in [0.2, 0.25) is 5.95 Å². The lowest BCUT2D eigenvalue weighted by Gasteiger charge is -2.07. The lowest BCUT2D eigenvalue weighted by Crippen LogP contribution is -2.00. The Kier molecular flexibility index (Phi) is 3.84. The largest absolute Gasteiger partial charge is 0.368 e. The van der Waals surface area contributed by atoms with Crippen LogP contribution in [0.2, 0.25) is 5.15 Å². The minimum absolute atomic E-state index is 0.125. The van der Waals surface area contributed by atoms with E-state index in [1.807, 2.05) is 37.3 Å². The van der Waals surface area contributed by atoms with Crippen LogP contribution < -0.4 is 11.1 Å². The summed E-state index contributed by atoms with van der Waals surface area (Å²) in [5.74, 6) is 1.36. The lowest BCUT2D eigenvalue weighted by molar-refractivity contribution is 1.11. The Labute approximate surface area is 132 Å². The van der Waals surface area contributed by atoms with Crippen molar-refractivity contribution >= 4 is 29.1 Å². The molecule has 0 saturated heterocycles. The molecule has 1 aromatic carbocycles. The van der Waals surface area contributed by atoms with Gasteiger partial charge in [0.25, 0.3) is 0 Å². The Hall–Kier alpha value is -2.73. The fourth-order valence-electron chi connectivity index (χ4n) is 1.94. The molecule has 0 atom stereocenters. The van der Waals surface area contributed by atoms with Gasteiger partial charge >= 0.3 is 0 Å². The molecule has 6 nitrogen and oxygen atoms in total. The number of nitrogens with one attached hydrogen (secondary N) is 1. The van der Waals surface area contributed by atoms with Gasteiger partial charge in [-0.05, 0) is 37.3 Å². The van der Waals surface area contributed by atoms with Crippen LogP contribution in [0.5, 0.6) is 0 Å². The zero-order valence-electron chi connectivity index (χ0n) is 11.8. The number of halogens is 1. The van der Waals surface area contributed by atoms with E-state index >= 15 is 0 Å². The number of anilines is 3. The molecule has 3 aromatic rings. The molecule has 0 amide bonds. The first-order chi connectivity index (χ1) is 10.6. The van der Waals surface area contributed by atoms with E-state index in [4.69, 9.17) is 17.3 Å². The molecule has 110 valence electrons. The maximum atomic E-state index is 5.85. The van der Waals surface area contributed by atoms with Crippen molar-refractivity contribution in [1.82, 2.24) is 19.9 Å². The molecule has 0 unspecified atom stereocenters. The number of nitrogens with two attached hydrogens (primary N) is 1. The van der Waals surface area contributed by atoms with Crippen molar-refractivity contribution in [2.45, 2.75) is 6.92 Å². The van der Waals surface area contributed by atoms with Crippen LogP contribution in [0, 0.1) is 6.92 Å². The first kappa shape index (κ1) is 14.2. The first-order valence-corrected chi connectivity index (χ1v) is 6.95. The van der Waals surface area contributed by atoms with Crippen molar-refractivity contribution < 1.29 is 0 Å². The van der Waals surface area contributed by atoms with Crippen LogP contribution in [0.3, 0.4) is 0 Å². The molecule has 0 spiro atoms. The molecular formula is C15H13ClN6. The Bertz CT molecular complexity index is 783. The van der Waals surface area contributed by atoms with Gasteiger partial charge in [0, 0.05) is 29.2 Å². The van der Waals surface area contributed by atoms with Crippen molar-refractivity contribution in [3.63, 3.8) is 0 Å². The van der Waals surface area contributed by atoms with E-state index in [0.29, 0.717) is 16.8 Å². The number of rotatable bonds is 3. The Morgan fingerprint density at radius 2 is 1.82 bits per heavy atom. The monoisotopic (exact) mass is 312 g/mol. The van der Waals surface area contributed by atoms with Crippen molar-refractivity contribution in [1.29, 1.82) is 0 Å². The summed E-state index contributed by atoms with van der Waals surface area (Å²) in [5.41, 5.74) is 8.28. The zero-order valence-corrected chi connectivity index (χ0v) is 12.5. The van der Waals surface area contributed by atoms with Gasteiger partial charge in [0.05, 0.1) is 0 Å². The minimum atomic E-state index is 0.125. The molecule has 2 aromatic heterocycles. The molecule has 3 N–H and O–H groups in total. The molecule has 0 bridgehead atoms. The number of aryl methyl sites for hydroxylation is 1. The highest BCUT2D eigenvalue weighted by atomic mass is 35.5. The van der Waals surface area contributed by atoms with E-state index in [1.165, 1.54) is 0 Å². The van der Waals surface area contributed by atoms with Gasteiger partial charge in [-0.1, -0.05) is 11.6 Å². The van der Waals surface area contributed by atoms with E-state index in [9.17, 15) is 0 Å². The summed E-state index contributed by atoms with van der Waals surface area (Å²) < 4.78 is 0. The van der Waals surface area contributed by atoms with E-state index < -0.39 is 0 Å². The normalized spacial score (nSPS) is 10.5. The second-order valence-electron chi connectivity index (χ2n) is 4.66. The highest BCUT2D eigenvalue weighted by Crippen LogP contribution is 2.21. The Morgan fingerprint density at radius 3 is 2.50 bits per heavy atom. The van der Waals surface area contributed by atoms with Gasteiger partial charge in [-0.3, -0.25) is 0 Å². The third-order valence-corrected chi connectivity index (χ3v) is 3.12. The summed E-state index contributed by atoms with van der Waals surface area (Å²) >= 11 is 5.85. The third-order valence-electron chi connectivity index (χ3n) is 2.92. The number of benzene rings is 1. The first-order valence-electron chi connectivity index (χ1n) is 6.57. The number of hydrogen-bond donors (Lipinski definition) is 2. The molecule has 0 aliphatic carbocycles. The highest BCUT2D eigenvalue weighted by molar-refractivity contribution is 6.29. The quantitative estimate of drug-likeness (QED) is 0.722. The second-order valence-corrected chi connectivity index (χ2v) is 5.05. The van der Waals surface area contributed by atoms with E-state index in [2.05, 4.69) is 25.3 Å². The molecular weight excluding hydrogens is 300 g/mol. The minimum Gasteiger partial charge on any atom is -0.368 e. The van der Waals surface area contributed by atoms with Crippen LogP contribution in [-0.4, -0.2) is 19.9 Å². The van der Waals surface area contributed by atoms with Crippen LogP contribution in [-0.2, 0) is 0 Å². The highest BCUT2D eigenvalue weighted by Gasteiger charge is 2.04. The Balaban J connectivity index is 1.82. The van der Waals surface area contributed by atoms with Crippen molar-refractivity contribution in [3.05, 3.63) is 53.4 Å². The van der Waals surface area contributed by atoms with E-state index in [-0.39, 0.29) is 5.95 Å². The predicted octanol–water partition coefficient (Wildman–Crippen LogP) is 3.22. The van der Waals surface area contributed by atoms with Gasteiger partial charge in [-0.15, -0.1) is 0 Å². The molecule has 0 radical (unpaired) electrons. The van der Waals surface area contributed by atoms with Gasteiger partial charge in [0.1, 0.15) is 11.0 Å². The van der Waals surface area contributed by atoms with Crippen LogP contribution in [0.4, 0.5) is 17.5 Å². The fourth-order valence-corrected chi connectivity index (χ4v) is 2.13. The van der Waals surface area contributed by atoms with E-state index in [0.717, 1.165) is 16.9 Å². The molecule has 0 aliphatic heterocycles. The molecule has 0 fully saturated rings. The van der Waals surface area contributed by atoms with Crippen LogP contribution >= 0.6 is 11.6 Å².